The highest BCUT2D eigenvalue weighted by molar-refractivity contribution is 5.98. The van der Waals surface area contributed by atoms with E-state index in [2.05, 4.69) is 18.8 Å². The molecule has 0 saturated heterocycles. The fraction of sp³-hybridized carbons (Fsp3) is 0.733. The molecule has 4 nitrogen and oxygen atoms in total. The third kappa shape index (κ3) is 2.73. The molecule has 0 aromatic carbocycles. The minimum atomic E-state index is -0.372. The number of nitrogens with two attached hydrogens (primary N) is 1. The van der Waals surface area contributed by atoms with Gasteiger partial charge in [-0.3, -0.25) is 4.79 Å². The second-order valence-corrected chi connectivity index (χ2v) is 5.94. The first-order chi connectivity index (χ1) is 9.13. The number of carbonyl (C=O) groups excluding carboxylic acids is 1. The summed E-state index contributed by atoms with van der Waals surface area (Å²) in [7, 11) is 0. The number of hydrogen-bond donors (Lipinski definition) is 1. The van der Waals surface area contributed by atoms with Crippen molar-refractivity contribution < 1.29 is 4.79 Å². The van der Waals surface area contributed by atoms with E-state index in [0.29, 0.717) is 18.3 Å². The first-order valence-corrected chi connectivity index (χ1v) is 7.39. The Hall–Kier alpha value is -1.16. The number of Topliss-reactive ketones (excluding diaryl/α,β-unsaturated/α-hetero) is 1. The number of nitrogens with zero attached hydrogens (tertiary/aromatic N) is 2. The van der Waals surface area contributed by atoms with Crippen LogP contribution in [0.5, 0.6) is 0 Å². The summed E-state index contributed by atoms with van der Waals surface area (Å²) in [5.41, 5.74) is 5.59. The van der Waals surface area contributed by atoms with E-state index >= 15 is 0 Å². The summed E-state index contributed by atoms with van der Waals surface area (Å²) in [5, 5.41) is 0. The van der Waals surface area contributed by atoms with Gasteiger partial charge in [0.05, 0.1) is 0 Å². The monoisotopic (exact) mass is 263 g/mol. The van der Waals surface area contributed by atoms with Crippen molar-refractivity contribution in [3.05, 3.63) is 18.2 Å². The predicted octanol–water partition coefficient (Wildman–Crippen LogP) is 2.63. The molecule has 1 fully saturated rings. The number of rotatable bonds is 5. The molecule has 1 aliphatic rings. The molecule has 0 amide bonds. The Morgan fingerprint density at radius 2 is 2.21 bits per heavy atom. The zero-order chi connectivity index (χ0) is 13.9. The van der Waals surface area contributed by atoms with Crippen LogP contribution in [0.15, 0.2) is 12.4 Å². The standard InChI is InChI=1S/C15H25N3O/c1-3-9-18-10-8-17-14(18)13(19)15(11-16)6-4-12(2)5-7-15/h8,10,12H,3-7,9,11,16H2,1-2H3. The van der Waals surface area contributed by atoms with Crippen LogP contribution >= 0.6 is 0 Å². The van der Waals surface area contributed by atoms with Crippen LogP contribution < -0.4 is 5.73 Å². The Morgan fingerprint density at radius 3 is 2.79 bits per heavy atom. The Labute approximate surface area is 115 Å². The van der Waals surface area contributed by atoms with Crippen molar-refractivity contribution in [1.82, 2.24) is 9.55 Å². The number of carbonyl (C=O) groups is 1. The molecule has 0 bridgehead atoms. The van der Waals surface area contributed by atoms with E-state index in [1.54, 1.807) is 6.20 Å². The Bertz CT molecular complexity index is 430. The summed E-state index contributed by atoms with van der Waals surface area (Å²) in [6, 6.07) is 0. The van der Waals surface area contributed by atoms with Gasteiger partial charge in [0.15, 0.2) is 5.82 Å². The molecule has 0 unspecified atom stereocenters. The zero-order valence-corrected chi connectivity index (χ0v) is 12.1. The van der Waals surface area contributed by atoms with Gasteiger partial charge < -0.3 is 10.3 Å². The summed E-state index contributed by atoms with van der Waals surface area (Å²) in [6.45, 7) is 5.65. The number of aromatic nitrogens is 2. The van der Waals surface area contributed by atoms with Crippen molar-refractivity contribution in [3.63, 3.8) is 0 Å². The first-order valence-electron chi connectivity index (χ1n) is 7.39. The van der Waals surface area contributed by atoms with Crippen molar-refractivity contribution in [2.45, 2.75) is 52.5 Å². The number of aryl methyl sites for hydroxylation is 1. The lowest BCUT2D eigenvalue weighted by Gasteiger charge is -2.36. The normalized spacial score (nSPS) is 27.4. The van der Waals surface area contributed by atoms with Crippen LogP contribution in [0.4, 0.5) is 0 Å². The van der Waals surface area contributed by atoms with Crippen LogP contribution in [0.2, 0.25) is 0 Å². The minimum absolute atomic E-state index is 0.153. The van der Waals surface area contributed by atoms with E-state index in [4.69, 9.17) is 5.73 Å². The van der Waals surface area contributed by atoms with Crippen LogP contribution in [0.25, 0.3) is 0 Å². The van der Waals surface area contributed by atoms with Gasteiger partial charge in [0.25, 0.3) is 0 Å². The lowest BCUT2D eigenvalue weighted by molar-refractivity contribution is 0.0678. The van der Waals surface area contributed by atoms with Crippen LogP contribution in [0.1, 0.15) is 56.6 Å². The van der Waals surface area contributed by atoms with E-state index in [1.807, 2.05) is 10.8 Å². The Balaban J connectivity index is 2.23. The van der Waals surface area contributed by atoms with Gasteiger partial charge in [0.2, 0.25) is 5.78 Å². The molecule has 0 radical (unpaired) electrons. The molecule has 0 aliphatic heterocycles. The first kappa shape index (κ1) is 14.3. The lowest BCUT2D eigenvalue weighted by Crippen LogP contribution is -2.42. The molecule has 1 heterocycles. The second kappa shape index (κ2) is 5.87. The Morgan fingerprint density at radius 1 is 1.53 bits per heavy atom. The van der Waals surface area contributed by atoms with E-state index in [9.17, 15) is 4.79 Å². The highest BCUT2D eigenvalue weighted by Gasteiger charge is 2.41. The third-order valence-corrected chi connectivity index (χ3v) is 4.49. The van der Waals surface area contributed by atoms with Gasteiger partial charge in [-0.05, 0) is 38.0 Å². The van der Waals surface area contributed by atoms with Crippen LogP contribution in [-0.4, -0.2) is 21.9 Å². The van der Waals surface area contributed by atoms with Gasteiger partial charge in [0.1, 0.15) is 0 Å². The van der Waals surface area contributed by atoms with E-state index in [1.165, 1.54) is 0 Å². The van der Waals surface area contributed by atoms with Gasteiger partial charge in [-0.2, -0.15) is 0 Å². The maximum absolute atomic E-state index is 12.9. The minimum Gasteiger partial charge on any atom is -0.329 e. The molecule has 1 aromatic heterocycles. The SMILES string of the molecule is CCCn1ccnc1C(=O)C1(CN)CCC(C)CC1. The van der Waals surface area contributed by atoms with E-state index in [0.717, 1.165) is 38.6 Å². The van der Waals surface area contributed by atoms with Crippen LogP contribution in [0, 0.1) is 11.3 Å². The zero-order valence-electron chi connectivity index (χ0n) is 12.1. The predicted molar refractivity (Wildman–Crippen MR) is 76.0 cm³/mol. The maximum atomic E-state index is 12.9. The smallest absolute Gasteiger partial charge is 0.205 e. The molecule has 1 aliphatic carbocycles. The lowest BCUT2D eigenvalue weighted by atomic mass is 9.68. The van der Waals surface area contributed by atoms with Crippen molar-refractivity contribution in [2.75, 3.05) is 6.54 Å². The van der Waals surface area contributed by atoms with Crippen molar-refractivity contribution in [3.8, 4) is 0 Å². The van der Waals surface area contributed by atoms with Gasteiger partial charge in [-0.1, -0.05) is 13.8 Å². The molecular weight excluding hydrogens is 238 g/mol. The van der Waals surface area contributed by atoms with Crippen molar-refractivity contribution in [2.24, 2.45) is 17.1 Å². The Kier molecular flexibility index (Phi) is 4.40. The largest absolute Gasteiger partial charge is 0.329 e. The molecule has 19 heavy (non-hydrogen) atoms. The second-order valence-electron chi connectivity index (χ2n) is 5.94. The summed E-state index contributed by atoms with van der Waals surface area (Å²) >= 11 is 0. The highest BCUT2D eigenvalue weighted by atomic mass is 16.1. The number of hydrogen-bond acceptors (Lipinski definition) is 3. The molecule has 0 atom stereocenters. The number of ketones is 1. The average molecular weight is 263 g/mol. The molecule has 106 valence electrons. The maximum Gasteiger partial charge on any atom is 0.205 e. The molecule has 1 aromatic rings. The van der Waals surface area contributed by atoms with Gasteiger partial charge >= 0.3 is 0 Å². The summed E-state index contributed by atoms with van der Waals surface area (Å²) < 4.78 is 1.97. The molecule has 1 saturated carbocycles. The molecular formula is C15H25N3O. The van der Waals surface area contributed by atoms with Crippen LogP contribution in [-0.2, 0) is 6.54 Å². The topological polar surface area (TPSA) is 60.9 Å². The summed E-state index contributed by atoms with van der Waals surface area (Å²) in [5.74, 6) is 1.46. The molecule has 0 spiro atoms. The molecule has 2 N–H and O–H groups in total. The van der Waals surface area contributed by atoms with Crippen molar-refractivity contribution >= 4 is 5.78 Å². The average Bonchev–Trinajstić information content (AvgIpc) is 2.88. The van der Waals surface area contributed by atoms with Crippen molar-refractivity contribution in [1.29, 1.82) is 0 Å². The fourth-order valence-corrected chi connectivity index (χ4v) is 3.02. The summed E-state index contributed by atoms with van der Waals surface area (Å²) in [4.78, 5) is 17.1. The van der Waals surface area contributed by atoms with E-state index < -0.39 is 0 Å². The molecule has 4 heteroatoms. The van der Waals surface area contributed by atoms with E-state index in [-0.39, 0.29) is 11.2 Å². The number of imidazole rings is 1. The van der Waals surface area contributed by atoms with Gasteiger partial charge in [-0.25, -0.2) is 4.98 Å². The third-order valence-electron chi connectivity index (χ3n) is 4.49. The fourth-order valence-electron chi connectivity index (χ4n) is 3.02. The summed E-state index contributed by atoms with van der Waals surface area (Å²) in [6.07, 6.45) is 8.62. The molecule has 2 rings (SSSR count). The van der Waals surface area contributed by atoms with Gasteiger partial charge in [-0.15, -0.1) is 0 Å². The quantitative estimate of drug-likeness (QED) is 0.831. The van der Waals surface area contributed by atoms with Crippen LogP contribution in [0.3, 0.4) is 0 Å². The highest BCUT2D eigenvalue weighted by Crippen LogP contribution is 2.40. The van der Waals surface area contributed by atoms with Gasteiger partial charge in [0, 0.05) is 30.9 Å².